The third-order valence-corrected chi connectivity index (χ3v) is 3.31. The molecule has 0 saturated carbocycles. The zero-order chi connectivity index (χ0) is 12.7. The fourth-order valence-electron chi connectivity index (χ4n) is 2.20. The average molecular weight is 243 g/mol. The van der Waals surface area contributed by atoms with Crippen molar-refractivity contribution >= 4 is 5.91 Å². The van der Waals surface area contributed by atoms with E-state index in [2.05, 4.69) is 15.5 Å². The fraction of sp³-hybridized carbons (Fsp3) is 0.917. The molecule has 0 atom stereocenters. The fourth-order valence-corrected chi connectivity index (χ4v) is 2.20. The summed E-state index contributed by atoms with van der Waals surface area (Å²) < 4.78 is 5.23. The van der Waals surface area contributed by atoms with E-state index in [1.807, 2.05) is 14.1 Å². The van der Waals surface area contributed by atoms with Gasteiger partial charge in [0, 0.05) is 20.2 Å². The Morgan fingerprint density at radius 1 is 1.41 bits per heavy atom. The highest BCUT2D eigenvalue weighted by atomic mass is 16.5. The Morgan fingerprint density at radius 2 is 2.06 bits per heavy atom. The maximum atomic E-state index is 12.3. The molecular formula is C12H25N3O2. The lowest BCUT2D eigenvalue weighted by molar-refractivity contribution is -0.136. The first-order valence-corrected chi connectivity index (χ1v) is 6.23. The molecule has 1 amide bonds. The molecule has 1 aliphatic heterocycles. The van der Waals surface area contributed by atoms with Crippen LogP contribution in [0.4, 0.5) is 0 Å². The molecule has 0 bridgehead atoms. The number of carbonyl (C=O) groups is 1. The number of hydrogen-bond acceptors (Lipinski definition) is 4. The predicted octanol–water partition coefficient (Wildman–Crippen LogP) is -0.320. The molecule has 1 heterocycles. The largest absolute Gasteiger partial charge is 0.384 e. The lowest BCUT2D eigenvalue weighted by Gasteiger charge is -2.35. The third kappa shape index (κ3) is 4.26. The normalized spacial score (nSPS) is 19.3. The van der Waals surface area contributed by atoms with Gasteiger partial charge in [-0.15, -0.1) is 0 Å². The summed E-state index contributed by atoms with van der Waals surface area (Å²) in [6, 6.07) is 0. The van der Waals surface area contributed by atoms with Gasteiger partial charge in [-0.1, -0.05) is 0 Å². The van der Waals surface area contributed by atoms with Gasteiger partial charge < -0.3 is 20.3 Å². The zero-order valence-corrected chi connectivity index (χ0v) is 11.2. The second-order valence-electron chi connectivity index (χ2n) is 5.02. The van der Waals surface area contributed by atoms with E-state index in [0.717, 1.165) is 32.5 Å². The first-order chi connectivity index (χ1) is 8.10. The Morgan fingerprint density at radius 3 is 2.59 bits per heavy atom. The summed E-state index contributed by atoms with van der Waals surface area (Å²) in [5.41, 5.74) is -0.327. The van der Waals surface area contributed by atoms with Crippen molar-refractivity contribution in [1.29, 1.82) is 0 Å². The van der Waals surface area contributed by atoms with Gasteiger partial charge in [0.1, 0.15) is 0 Å². The van der Waals surface area contributed by atoms with Gasteiger partial charge in [-0.05, 0) is 40.0 Å². The molecule has 1 fully saturated rings. The van der Waals surface area contributed by atoms with E-state index in [9.17, 15) is 4.79 Å². The molecule has 0 aliphatic carbocycles. The number of nitrogens with zero attached hydrogens (tertiary/aromatic N) is 1. The Labute approximate surface area is 104 Å². The van der Waals surface area contributed by atoms with Crippen molar-refractivity contribution in [3.8, 4) is 0 Å². The van der Waals surface area contributed by atoms with Crippen molar-refractivity contribution < 1.29 is 9.53 Å². The van der Waals surface area contributed by atoms with Crippen molar-refractivity contribution in [3.63, 3.8) is 0 Å². The van der Waals surface area contributed by atoms with E-state index in [1.54, 1.807) is 7.11 Å². The van der Waals surface area contributed by atoms with Crippen LogP contribution in [0, 0.1) is 5.41 Å². The van der Waals surface area contributed by atoms with Crippen LogP contribution in [0.15, 0.2) is 0 Å². The maximum absolute atomic E-state index is 12.3. The van der Waals surface area contributed by atoms with Gasteiger partial charge in [-0.2, -0.15) is 0 Å². The Hall–Kier alpha value is -0.650. The molecule has 1 saturated heterocycles. The molecule has 1 aliphatic rings. The van der Waals surface area contributed by atoms with Crippen LogP contribution < -0.4 is 10.6 Å². The highest BCUT2D eigenvalue weighted by Gasteiger charge is 2.39. The highest BCUT2D eigenvalue weighted by Crippen LogP contribution is 2.29. The summed E-state index contributed by atoms with van der Waals surface area (Å²) in [6.45, 7) is 3.87. The van der Waals surface area contributed by atoms with Gasteiger partial charge in [0.2, 0.25) is 5.91 Å². The van der Waals surface area contributed by atoms with E-state index >= 15 is 0 Å². The molecular weight excluding hydrogens is 218 g/mol. The van der Waals surface area contributed by atoms with Crippen LogP contribution in [-0.2, 0) is 9.53 Å². The van der Waals surface area contributed by atoms with Gasteiger partial charge in [0.25, 0.3) is 0 Å². The predicted molar refractivity (Wildman–Crippen MR) is 68.0 cm³/mol. The minimum atomic E-state index is -0.327. The van der Waals surface area contributed by atoms with Crippen LogP contribution in [0.25, 0.3) is 0 Å². The van der Waals surface area contributed by atoms with Crippen molar-refractivity contribution in [2.24, 2.45) is 5.41 Å². The molecule has 0 aromatic carbocycles. The number of ether oxygens (including phenoxy) is 1. The van der Waals surface area contributed by atoms with Crippen LogP contribution in [0.1, 0.15) is 12.8 Å². The first kappa shape index (κ1) is 14.4. The molecule has 0 aromatic rings. The minimum Gasteiger partial charge on any atom is -0.384 e. The monoisotopic (exact) mass is 243 g/mol. The van der Waals surface area contributed by atoms with Gasteiger partial charge in [-0.3, -0.25) is 4.79 Å². The lowest BCUT2D eigenvalue weighted by Crippen LogP contribution is -2.51. The van der Waals surface area contributed by atoms with Crippen molar-refractivity contribution in [2.45, 2.75) is 12.8 Å². The standard InChI is InChI=1S/C12H25N3O2/c1-15(2)9-8-14-11(16)12(10-17-3)4-6-13-7-5-12/h13H,4-10H2,1-3H3,(H,14,16). The van der Waals surface area contributed by atoms with Gasteiger partial charge >= 0.3 is 0 Å². The number of methoxy groups -OCH3 is 1. The van der Waals surface area contributed by atoms with Crippen LogP contribution in [0.2, 0.25) is 0 Å². The van der Waals surface area contributed by atoms with Gasteiger partial charge in [0.15, 0.2) is 0 Å². The third-order valence-electron chi connectivity index (χ3n) is 3.31. The molecule has 0 radical (unpaired) electrons. The molecule has 5 heteroatoms. The topological polar surface area (TPSA) is 53.6 Å². The molecule has 0 unspecified atom stereocenters. The number of likely N-dealkylation sites (N-methyl/N-ethyl adjacent to an activating group) is 1. The number of carbonyl (C=O) groups excluding carboxylic acids is 1. The second-order valence-corrected chi connectivity index (χ2v) is 5.02. The number of hydrogen-bond donors (Lipinski definition) is 2. The quantitative estimate of drug-likeness (QED) is 0.671. The average Bonchev–Trinajstić information content (AvgIpc) is 2.30. The number of amides is 1. The summed E-state index contributed by atoms with van der Waals surface area (Å²) in [5, 5.41) is 6.30. The number of nitrogens with one attached hydrogen (secondary N) is 2. The summed E-state index contributed by atoms with van der Waals surface area (Å²) in [5.74, 6) is 0.141. The van der Waals surface area contributed by atoms with Crippen LogP contribution in [0.3, 0.4) is 0 Å². The molecule has 0 aromatic heterocycles. The number of rotatable bonds is 6. The Bertz CT molecular complexity index is 232. The number of piperidine rings is 1. The van der Waals surface area contributed by atoms with E-state index in [0.29, 0.717) is 13.2 Å². The Balaban J connectivity index is 2.48. The summed E-state index contributed by atoms with van der Waals surface area (Å²) in [7, 11) is 5.67. The molecule has 100 valence electrons. The van der Waals surface area contributed by atoms with Crippen LogP contribution in [0.5, 0.6) is 0 Å². The van der Waals surface area contributed by atoms with Crippen molar-refractivity contribution in [3.05, 3.63) is 0 Å². The van der Waals surface area contributed by atoms with Crippen molar-refractivity contribution in [2.75, 3.05) is 54.0 Å². The van der Waals surface area contributed by atoms with Crippen LogP contribution >= 0.6 is 0 Å². The maximum Gasteiger partial charge on any atom is 0.228 e. The second kappa shape index (κ2) is 6.93. The molecule has 17 heavy (non-hydrogen) atoms. The zero-order valence-electron chi connectivity index (χ0n) is 11.2. The molecule has 5 nitrogen and oxygen atoms in total. The smallest absolute Gasteiger partial charge is 0.228 e. The summed E-state index contributed by atoms with van der Waals surface area (Å²) in [4.78, 5) is 14.3. The summed E-state index contributed by atoms with van der Waals surface area (Å²) in [6.07, 6.45) is 1.71. The minimum absolute atomic E-state index is 0.141. The summed E-state index contributed by atoms with van der Waals surface area (Å²) >= 11 is 0. The Kier molecular flexibility index (Phi) is 5.88. The SMILES string of the molecule is COCC1(C(=O)NCCN(C)C)CCNCC1. The van der Waals surface area contributed by atoms with Crippen LogP contribution in [-0.4, -0.2) is 64.8 Å². The van der Waals surface area contributed by atoms with E-state index in [4.69, 9.17) is 4.74 Å². The van der Waals surface area contributed by atoms with E-state index in [-0.39, 0.29) is 11.3 Å². The van der Waals surface area contributed by atoms with E-state index in [1.165, 1.54) is 0 Å². The molecule has 1 rings (SSSR count). The van der Waals surface area contributed by atoms with E-state index < -0.39 is 0 Å². The first-order valence-electron chi connectivity index (χ1n) is 6.23. The van der Waals surface area contributed by atoms with Gasteiger partial charge in [-0.25, -0.2) is 0 Å². The lowest BCUT2D eigenvalue weighted by atomic mass is 9.78. The van der Waals surface area contributed by atoms with Crippen molar-refractivity contribution in [1.82, 2.24) is 15.5 Å². The van der Waals surface area contributed by atoms with Gasteiger partial charge in [0.05, 0.1) is 12.0 Å². The molecule has 0 spiro atoms. The highest BCUT2D eigenvalue weighted by molar-refractivity contribution is 5.83. The molecule has 2 N–H and O–H groups in total.